The van der Waals surface area contributed by atoms with Gasteiger partial charge in [0.05, 0.1) is 13.5 Å². The molecule has 2 amide bonds. The molecule has 0 saturated heterocycles. The largest absolute Gasteiger partial charge is 0.493 e. The number of carbonyl (C=O) groups excluding carboxylic acids is 2. The van der Waals surface area contributed by atoms with Crippen molar-refractivity contribution < 1.29 is 19.1 Å². The van der Waals surface area contributed by atoms with E-state index in [-0.39, 0.29) is 24.5 Å². The van der Waals surface area contributed by atoms with Crippen molar-refractivity contribution in [3.8, 4) is 11.5 Å². The van der Waals surface area contributed by atoms with Gasteiger partial charge in [0.25, 0.3) is 5.91 Å². The molecule has 2 aromatic rings. The van der Waals surface area contributed by atoms with E-state index in [1.807, 2.05) is 44.2 Å². The Balaban J connectivity index is 1.88. The Labute approximate surface area is 171 Å². The predicted molar refractivity (Wildman–Crippen MR) is 114 cm³/mol. The fourth-order valence-corrected chi connectivity index (χ4v) is 2.73. The first-order valence-corrected chi connectivity index (χ1v) is 9.50. The summed E-state index contributed by atoms with van der Waals surface area (Å²) in [5.41, 5.74) is 2.57. The van der Waals surface area contributed by atoms with E-state index in [0.29, 0.717) is 23.6 Å². The van der Waals surface area contributed by atoms with E-state index < -0.39 is 0 Å². The van der Waals surface area contributed by atoms with E-state index in [9.17, 15) is 9.59 Å². The molecular weight excluding hydrogens is 368 g/mol. The number of methoxy groups -OCH3 is 1. The molecule has 0 radical (unpaired) electrons. The Hall–Kier alpha value is -3.28. The zero-order valence-corrected chi connectivity index (χ0v) is 17.2. The third-order valence-electron chi connectivity index (χ3n) is 4.02. The minimum atomic E-state index is -0.285. The number of hydrogen-bond donors (Lipinski definition) is 2. The Kier molecular flexibility index (Phi) is 8.27. The van der Waals surface area contributed by atoms with E-state index in [0.717, 1.165) is 17.5 Å². The van der Waals surface area contributed by atoms with Crippen LogP contribution in [0.25, 0.3) is 0 Å². The molecule has 0 heterocycles. The van der Waals surface area contributed by atoms with Crippen molar-refractivity contribution in [2.75, 3.05) is 19.0 Å². The molecule has 0 bridgehead atoms. The van der Waals surface area contributed by atoms with Crippen LogP contribution in [-0.2, 0) is 22.4 Å². The van der Waals surface area contributed by atoms with Gasteiger partial charge in [-0.2, -0.15) is 0 Å². The first kappa shape index (κ1) is 22.0. The van der Waals surface area contributed by atoms with Gasteiger partial charge in [0.15, 0.2) is 18.1 Å². The summed E-state index contributed by atoms with van der Waals surface area (Å²) in [5, 5.41) is 5.63. The first-order chi connectivity index (χ1) is 13.9. The lowest BCUT2D eigenvalue weighted by atomic mass is 10.1. The van der Waals surface area contributed by atoms with Gasteiger partial charge < -0.3 is 20.1 Å². The minimum absolute atomic E-state index is 0.0294. The Morgan fingerprint density at radius 2 is 1.72 bits per heavy atom. The standard InChI is InChI=1S/C23H28N2O4/c1-5-6-17-9-12-20(21(13-17)28-4)29-15-23(27)25-19-10-7-18(8-11-19)14-22(26)24-16(2)3/h5,7-13,16H,1,6,14-15H2,2-4H3,(H,24,26)(H,25,27). The van der Waals surface area contributed by atoms with Crippen LogP contribution in [-0.4, -0.2) is 31.6 Å². The van der Waals surface area contributed by atoms with Crippen LogP contribution in [0.5, 0.6) is 11.5 Å². The van der Waals surface area contributed by atoms with Crippen LogP contribution in [0.3, 0.4) is 0 Å². The molecule has 2 aromatic carbocycles. The highest BCUT2D eigenvalue weighted by Gasteiger charge is 2.10. The zero-order chi connectivity index (χ0) is 21.2. The second-order valence-electron chi connectivity index (χ2n) is 6.91. The quantitative estimate of drug-likeness (QED) is 0.603. The predicted octanol–water partition coefficient (Wildman–Crippen LogP) is 3.51. The number of ether oxygens (including phenoxy) is 2. The number of rotatable bonds is 10. The number of benzene rings is 2. The first-order valence-electron chi connectivity index (χ1n) is 9.50. The van der Waals surface area contributed by atoms with Crippen molar-refractivity contribution in [3.63, 3.8) is 0 Å². The summed E-state index contributed by atoms with van der Waals surface area (Å²) in [5.74, 6) is 0.758. The molecule has 0 atom stereocenters. The SMILES string of the molecule is C=CCc1ccc(OCC(=O)Nc2ccc(CC(=O)NC(C)C)cc2)c(OC)c1. The van der Waals surface area contributed by atoms with Gasteiger partial charge in [-0.05, 0) is 55.7 Å². The molecule has 0 aliphatic heterocycles. The molecule has 29 heavy (non-hydrogen) atoms. The maximum absolute atomic E-state index is 12.2. The van der Waals surface area contributed by atoms with Crippen LogP contribution in [0.1, 0.15) is 25.0 Å². The van der Waals surface area contributed by atoms with E-state index in [4.69, 9.17) is 9.47 Å². The zero-order valence-electron chi connectivity index (χ0n) is 17.2. The number of amides is 2. The molecule has 0 fully saturated rings. The molecule has 0 aromatic heterocycles. The summed E-state index contributed by atoms with van der Waals surface area (Å²) in [7, 11) is 1.56. The summed E-state index contributed by atoms with van der Waals surface area (Å²) in [6, 6.07) is 12.8. The maximum Gasteiger partial charge on any atom is 0.262 e. The molecule has 2 rings (SSSR count). The molecule has 0 saturated carbocycles. The van der Waals surface area contributed by atoms with Crippen LogP contribution in [0.15, 0.2) is 55.1 Å². The molecule has 6 heteroatoms. The number of anilines is 1. The van der Waals surface area contributed by atoms with Crippen molar-refractivity contribution in [2.24, 2.45) is 0 Å². The van der Waals surface area contributed by atoms with Crippen molar-refractivity contribution in [1.29, 1.82) is 0 Å². The molecule has 0 spiro atoms. The second-order valence-corrected chi connectivity index (χ2v) is 6.91. The van der Waals surface area contributed by atoms with Gasteiger partial charge in [-0.15, -0.1) is 6.58 Å². The van der Waals surface area contributed by atoms with Crippen LogP contribution in [0.4, 0.5) is 5.69 Å². The smallest absolute Gasteiger partial charge is 0.262 e. The van der Waals surface area contributed by atoms with Crippen LogP contribution in [0, 0.1) is 0 Å². The summed E-state index contributed by atoms with van der Waals surface area (Å²) in [6.45, 7) is 7.42. The lowest BCUT2D eigenvalue weighted by Gasteiger charge is -2.12. The highest BCUT2D eigenvalue weighted by molar-refractivity contribution is 5.92. The molecular formula is C23H28N2O4. The fourth-order valence-electron chi connectivity index (χ4n) is 2.73. The Morgan fingerprint density at radius 3 is 2.34 bits per heavy atom. The summed E-state index contributed by atoms with van der Waals surface area (Å²) >= 11 is 0. The second kappa shape index (κ2) is 10.9. The highest BCUT2D eigenvalue weighted by Crippen LogP contribution is 2.28. The minimum Gasteiger partial charge on any atom is -0.493 e. The molecule has 0 aliphatic carbocycles. The molecule has 0 unspecified atom stereocenters. The van der Waals surface area contributed by atoms with Gasteiger partial charge in [0.1, 0.15) is 0 Å². The van der Waals surface area contributed by atoms with E-state index in [1.54, 1.807) is 25.3 Å². The lowest BCUT2D eigenvalue weighted by Crippen LogP contribution is -2.31. The summed E-state index contributed by atoms with van der Waals surface area (Å²) < 4.78 is 10.9. The molecule has 154 valence electrons. The molecule has 6 nitrogen and oxygen atoms in total. The summed E-state index contributed by atoms with van der Waals surface area (Å²) in [6.07, 6.45) is 2.84. The molecule has 2 N–H and O–H groups in total. The van der Waals surface area contributed by atoms with Crippen LogP contribution < -0.4 is 20.1 Å². The average molecular weight is 396 g/mol. The van der Waals surface area contributed by atoms with Crippen molar-refractivity contribution >= 4 is 17.5 Å². The van der Waals surface area contributed by atoms with Crippen LogP contribution >= 0.6 is 0 Å². The van der Waals surface area contributed by atoms with E-state index in [2.05, 4.69) is 17.2 Å². The van der Waals surface area contributed by atoms with Crippen molar-refractivity contribution in [1.82, 2.24) is 5.32 Å². The number of nitrogens with one attached hydrogen (secondary N) is 2. The normalized spacial score (nSPS) is 10.3. The number of carbonyl (C=O) groups is 2. The lowest BCUT2D eigenvalue weighted by molar-refractivity contribution is -0.121. The monoisotopic (exact) mass is 396 g/mol. The maximum atomic E-state index is 12.2. The van der Waals surface area contributed by atoms with Gasteiger partial charge >= 0.3 is 0 Å². The Bertz CT molecular complexity index is 844. The van der Waals surface area contributed by atoms with Crippen molar-refractivity contribution in [2.45, 2.75) is 32.7 Å². The number of hydrogen-bond acceptors (Lipinski definition) is 4. The van der Waals surface area contributed by atoms with Crippen molar-refractivity contribution in [3.05, 3.63) is 66.2 Å². The van der Waals surface area contributed by atoms with Gasteiger partial charge in [0, 0.05) is 11.7 Å². The Morgan fingerprint density at radius 1 is 1.03 bits per heavy atom. The molecule has 0 aliphatic rings. The highest BCUT2D eigenvalue weighted by atomic mass is 16.5. The average Bonchev–Trinajstić information content (AvgIpc) is 2.68. The van der Waals surface area contributed by atoms with Gasteiger partial charge in [-0.25, -0.2) is 0 Å². The summed E-state index contributed by atoms with van der Waals surface area (Å²) in [4.78, 5) is 24.0. The van der Waals surface area contributed by atoms with Gasteiger partial charge in [-0.1, -0.05) is 24.3 Å². The topological polar surface area (TPSA) is 76.7 Å². The number of allylic oxidation sites excluding steroid dienone is 1. The van der Waals surface area contributed by atoms with Crippen LogP contribution in [0.2, 0.25) is 0 Å². The third-order valence-corrected chi connectivity index (χ3v) is 4.02. The van der Waals surface area contributed by atoms with E-state index in [1.165, 1.54) is 0 Å². The van der Waals surface area contributed by atoms with Gasteiger partial charge in [-0.3, -0.25) is 9.59 Å². The van der Waals surface area contributed by atoms with E-state index >= 15 is 0 Å². The third kappa shape index (κ3) is 7.33. The fraction of sp³-hybridized carbons (Fsp3) is 0.304. The van der Waals surface area contributed by atoms with Gasteiger partial charge in [0.2, 0.25) is 5.91 Å².